The van der Waals surface area contributed by atoms with E-state index < -0.39 is 0 Å². The van der Waals surface area contributed by atoms with Crippen molar-refractivity contribution in [3.63, 3.8) is 0 Å². The van der Waals surface area contributed by atoms with Crippen molar-refractivity contribution in [1.29, 1.82) is 0 Å². The number of fused-ring (bicyclic) bond motifs is 1. The van der Waals surface area contributed by atoms with E-state index in [0.29, 0.717) is 0 Å². The van der Waals surface area contributed by atoms with Crippen LogP contribution in [0.5, 0.6) is 0 Å². The van der Waals surface area contributed by atoms with Gasteiger partial charge in [0.25, 0.3) is 0 Å². The molecule has 0 aliphatic heterocycles. The number of hydrogen-bond donors (Lipinski definition) is 1. The lowest BCUT2D eigenvalue weighted by atomic mass is 9.98. The van der Waals surface area contributed by atoms with Gasteiger partial charge in [0.1, 0.15) is 0 Å². The summed E-state index contributed by atoms with van der Waals surface area (Å²) in [5.41, 5.74) is 2.58. The van der Waals surface area contributed by atoms with E-state index in [9.17, 15) is 0 Å². The van der Waals surface area contributed by atoms with Crippen LogP contribution in [0.4, 0.5) is 0 Å². The van der Waals surface area contributed by atoms with E-state index in [4.69, 9.17) is 0 Å². The summed E-state index contributed by atoms with van der Waals surface area (Å²) in [6, 6.07) is 25.5. The van der Waals surface area contributed by atoms with Crippen LogP contribution in [0.1, 0.15) is 0 Å². The normalized spacial score (nSPS) is 9.88. The second-order valence-electron chi connectivity index (χ2n) is 3.89. The predicted octanol–water partition coefficient (Wildman–Crippen LogP) is 4.67. The Morgan fingerprint density at radius 3 is 2.00 bits per heavy atom. The van der Waals surface area contributed by atoms with Gasteiger partial charge in [0.05, 0.1) is 0 Å². The van der Waals surface area contributed by atoms with E-state index in [2.05, 4.69) is 72.8 Å². The van der Waals surface area contributed by atoms with Gasteiger partial charge in [0, 0.05) is 0 Å². The van der Waals surface area contributed by atoms with Crippen LogP contribution in [-0.4, -0.2) is 0 Å². The molecule has 84 valence electrons. The molecule has 0 fully saturated rings. The quantitative estimate of drug-likeness (QED) is 0.636. The summed E-state index contributed by atoms with van der Waals surface area (Å²) in [5.74, 6) is 0. The molecular weight excluding hydrogens is 206 g/mol. The first-order valence-electron chi connectivity index (χ1n) is 5.48. The van der Waals surface area contributed by atoms with Gasteiger partial charge in [-0.15, -0.1) is 0 Å². The Labute approximate surface area is 101 Å². The van der Waals surface area contributed by atoms with E-state index in [1.54, 1.807) is 0 Å². The van der Waals surface area contributed by atoms with Crippen LogP contribution in [0, 0.1) is 0 Å². The van der Waals surface area contributed by atoms with Gasteiger partial charge in [-0.3, -0.25) is 0 Å². The average molecular weight is 221 g/mol. The Morgan fingerprint density at radius 2 is 1.18 bits per heavy atom. The van der Waals surface area contributed by atoms with E-state index in [1.807, 2.05) is 0 Å². The van der Waals surface area contributed by atoms with E-state index in [1.165, 1.54) is 21.9 Å². The standard InChI is InChI=1S/C16H12.H3N/c1-2-7-13(8-3-1)16-12-6-10-14-9-4-5-11-15(14)16;/h1-12H;1H3. The van der Waals surface area contributed by atoms with Crippen LogP contribution < -0.4 is 6.15 Å². The summed E-state index contributed by atoms with van der Waals surface area (Å²) in [7, 11) is 0. The van der Waals surface area contributed by atoms with Gasteiger partial charge >= 0.3 is 0 Å². The fraction of sp³-hybridized carbons (Fsp3) is 0. The minimum Gasteiger partial charge on any atom is -0.344 e. The molecule has 0 heterocycles. The van der Waals surface area contributed by atoms with Crippen molar-refractivity contribution >= 4 is 10.8 Å². The van der Waals surface area contributed by atoms with Gasteiger partial charge in [-0.25, -0.2) is 0 Å². The van der Waals surface area contributed by atoms with Crippen molar-refractivity contribution in [2.75, 3.05) is 0 Å². The first-order valence-corrected chi connectivity index (χ1v) is 5.48. The highest BCUT2D eigenvalue weighted by molar-refractivity contribution is 5.96. The topological polar surface area (TPSA) is 35.0 Å². The lowest BCUT2D eigenvalue weighted by Crippen LogP contribution is -1.79. The minimum atomic E-state index is 0. The first kappa shape index (κ1) is 11.4. The molecule has 0 saturated heterocycles. The molecule has 0 atom stereocenters. The van der Waals surface area contributed by atoms with Gasteiger partial charge < -0.3 is 6.15 Å². The van der Waals surface area contributed by atoms with E-state index >= 15 is 0 Å². The lowest BCUT2D eigenvalue weighted by Gasteiger charge is -2.06. The number of rotatable bonds is 1. The first-order chi connectivity index (χ1) is 7.95. The summed E-state index contributed by atoms with van der Waals surface area (Å²) in [4.78, 5) is 0. The molecule has 0 spiro atoms. The van der Waals surface area contributed by atoms with Crippen molar-refractivity contribution in [2.24, 2.45) is 0 Å². The van der Waals surface area contributed by atoms with Crippen molar-refractivity contribution < 1.29 is 0 Å². The van der Waals surface area contributed by atoms with Crippen LogP contribution in [0.25, 0.3) is 21.9 Å². The van der Waals surface area contributed by atoms with Crippen LogP contribution in [-0.2, 0) is 0 Å². The largest absolute Gasteiger partial charge is 0.344 e. The fourth-order valence-corrected chi connectivity index (χ4v) is 2.09. The second kappa shape index (κ2) is 4.81. The highest BCUT2D eigenvalue weighted by atomic mass is 14.0. The van der Waals surface area contributed by atoms with E-state index in [-0.39, 0.29) is 6.15 Å². The van der Waals surface area contributed by atoms with Crippen molar-refractivity contribution in [2.45, 2.75) is 0 Å². The summed E-state index contributed by atoms with van der Waals surface area (Å²) in [5, 5.41) is 2.61. The molecule has 0 aliphatic rings. The molecule has 0 bridgehead atoms. The summed E-state index contributed by atoms with van der Waals surface area (Å²) < 4.78 is 0. The molecule has 0 radical (unpaired) electrons. The van der Waals surface area contributed by atoms with Gasteiger partial charge in [-0.2, -0.15) is 0 Å². The molecule has 17 heavy (non-hydrogen) atoms. The van der Waals surface area contributed by atoms with Crippen molar-refractivity contribution in [3.05, 3.63) is 72.8 Å². The molecule has 0 saturated carbocycles. The monoisotopic (exact) mass is 221 g/mol. The van der Waals surface area contributed by atoms with Crippen LogP contribution >= 0.6 is 0 Å². The van der Waals surface area contributed by atoms with Crippen LogP contribution in [0.3, 0.4) is 0 Å². The molecule has 0 unspecified atom stereocenters. The molecule has 0 aromatic heterocycles. The zero-order valence-corrected chi connectivity index (χ0v) is 9.64. The highest BCUT2D eigenvalue weighted by Crippen LogP contribution is 2.27. The molecule has 1 heteroatoms. The maximum Gasteiger partial charge on any atom is -0.0105 e. The highest BCUT2D eigenvalue weighted by Gasteiger charge is 2.01. The predicted molar refractivity (Wildman–Crippen MR) is 74.4 cm³/mol. The molecule has 3 aromatic carbocycles. The summed E-state index contributed by atoms with van der Waals surface area (Å²) in [6.45, 7) is 0. The Hall–Kier alpha value is -2.12. The third-order valence-corrected chi connectivity index (χ3v) is 2.87. The maximum atomic E-state index is 2.18. The Balaban J connectivity index is 0.00000108. The molecular formula is C16H15N. The molecule has 0 amide bonds. The van der Waals surface area contributed by atoms with Crippen molar-refractivity contribution in [3.8, 4) is 11.1 Å². The molecule has 1 nitrogen and oxygen atoms in total. The fourth-order valence-electron chi connectivity index (χ4n) is 2.09. The van der Waals surface area contributed by atoms with Gasteiger partial charge in [0.15, 0.2) is 0 Å². The molecule has 3 rings (SSSR count). The van der Waals surface area contributed by atoms with Crippen LogP contribution in [0.15, 0.2) is 72.8 Å². The SMILES string of the molecule is N.c1ccc(-c2cccc3ccccc23)cc1. The third-order valence-electron chi connectivity index (χ3n) is 2.87. The summed E-state index contributed by atoms with van der Waals surface area (Å²) >= 11 is 0. The number of benzene rings is 3. The number of hydrogen-bond acceptors (Lipinski definition) is 1. The van der Waals surface area contributed by atoms with Crippen LogP contribution in [0.2, 0.25) is 0 Å². The Morgan fingerprint density at radius 1 is 0.529 bits per heavy atom. The Bertz CT molecular complexity index is 609. The van der Waals surface area contributed by atoms with Crippen molar-refractivity contribution in [1.82, 2.24) is 6.15 Å². The zero-order valence-electron chi connectivity index (χ0n) is 9.64. The van der Waals surface area contributed by atoms with Gasteiger partial charge in [0.2, 0.25) is 0 Å². The molecule has 3 N–H and O–H groups in total. The van der Waals surface area contributed by atoms with Gasteiger partial charge in [-0.1, -0.05) is 72.8 Å². The molecule has 0 aliphatic carbocycles. The maximum absolute atomic E-state index is 2.18. The zero-order chi connectivity index (χ0) is 10.8. The average Bonchev–Trinajstić information content (AvgIpc) is 2.39. The molecule has 3 aromatic rings. The van der Waals surface area contributed by atoms with E-state index in [0.717, 1.165) is 0 Å². The smallest absolute Gasteiger partial charge is 0.0105 e. The lowest BCUT2D eigenvalue weighted by molar-refractivity contribution is 1.65. The minimum absolute atomic E-state index is 0. The summed E-state index contributed by atoms with van der Waals surface area (Å²) in [6.07, 6.45) is 0. The van der Waals surface area contributed by atoms with Gasteiger partial charge in [-0.05, 0) is 21.9 Å². The second-order valence-corrected chi connectivity index (χ2v) is 3.89. The third kappa shape index (κ3) is 2.05. The Kier molecular flexibility index (Phi) is 3.22.